The van der Waals surface area contributed by atoms with Gasteiger partial charge in [0.25, 0.3) is 0 Å². The maximum Gasteiger partial charge on any atom is 0.433 e. The van der Waals surface area contributed by atoms with Crippen molar-refractivity contribution in [1.29, 1.82) is 0 Å². The molecule has 0 fully saturated rings. The van der Waals surface area contributed by atoms with Gasteiger partial charge in [-0.15, -0.1) is 0 Å². The van der Waals surface area contributed by atoms with Crippen LogP contribution in [0, 0.1) is 0 Å². The highest BCUT2D eigenvalue weighted by atomic mass is 19.4. The van der Waals surface area contributed by atoms with Gasteiger partial charge in [0.2, 0.25) is 5.95 Å². The molecule has 0 amide bonds. The van der Waals surface area contributed by atoms with E-state index in [0.29, 0.717) is 11.0 Å². The summed E-state index contributed by atoms with van der Waals surface area (Å²) < 4.78 is 75.0. The van der Waals surface area contributed by atoms with Crippen LogP contribution in [0.3, 0.4) is 0 Å². The molecule has 1 heterocycles. The van der Waals surface area contributed by atoms with E-state index in [1.807, 2.05) is 0 Å². The van der Waals surface area contributed by atoms with Gasteiger partial charge in [0, 0.05) is 19.7 Å². The molecule has 1 rings (SSSR count). The molecule has 4 nitrogen and oxygen atoms in total. The van der Waals surface area contributed by atoms with Crippen LogP contribution in [0.25, 0.3) is 0 Å². The minimum Gasteiger partial charge on any atom is -0.357 e. The highest BCUT2D eigenvalue weighted by Crippen LogP contribution is 2.31. The Bertz CT molecular complexity index is 456. The summed E-state index contributed by atoms with van der Waals surface area (Å²) in [6, 6.07) is 0.496. The SMILES string of the molecule is CCN(CC(F)(F)F)c1cc(C(F)(F)F)nc(NC)n1. The zero-order valence-electron chi connectivity index (χ0n) is 10.6. The van der Waals surface area contributed by atoms with E-state index in [0.717, 1.165) is 0 Å². The number of hydrogen-bond acceptors (Lipinski definition) is 4. The van der Waals surface area contributed by atoms with Crippen molar-refractivity contribution in [2.45, 2.75) is 19.3 Å². The van der Waals surface area contributed by atoms with Crippen molar-refractivity contribution >= 4 is 11.8 Å². The van der Waals surface area contributed by atoms with Crippen LogP contribution in [0.5, 0.6) is 0 Å². The minimum absolute atomic E-state index is 0.142. The highest BCUT2D eigenvalue weighted by molar-refractivity contribution is 5.45. The van der Waals surface area contributed by atoms with Crippen molar-refractivity contribution < 1.29 is 26.3 Å². The molecule has 20 heavy (non-hydrogen) atoms. The highest BCUT2D eigenvalue weighted by Gasteiger charge is 2.36. The van der Waals surface area contributed by atoms with Gasteiger partial charge in [0.1, 0.15) is 12.4 Å². The van der Waals surface area contributed by atoms with Crippen molar-refractivity contribution in [3.63, 3.8) is 0 Å². The molecule has 0 atom stereocenters. The lowest BCUT2D eigenvalue weighted by Crippen LogP contribution is -2.35. The van der Waals surface area contributed by atoms with E-state index >= 15 is 0 Å². The fraction of sp³-hybridized carbons (Fsp3) is 0.600. The van der Waals surface area contributed by atoms with E-state index < -0.39 is 36.4 Å². The Morgan fingerprint density at radius 1 is 1.15 bits per heavy atom. The summed E-state index contributed by atoms with van der Waals surface area (Å²) in [4.78, 5) is 7.50. The molecule has 0 spiro atoms. The first kappa shape index (κ1) is 16.3. The maximum absolute atomic E-state index is 12.6. The molecular formula is C10H12F6N4. The molecule has 0 saturated carbocycles. The standard InChI is InChI=1S/C10H12F6N4/c1-3-20(5-9(11,12)13)7-4-6(10(14,15)16)18-8(17-2)19-7/h4H,3,5H2,1-2H3,(H,17,18,19). The maximum atomic E-state index is 12.6. The molecule has 0 unspecified atom stereocenters. The van der Waals surface area contributed by atoms with Crippen LogP contribution in [0.1, 0.15) is 12.6 Å². The van der Waals surface area contributed by atoms with E-state index in [1.54, 1.807) is 0 Å². The summed E-state index contributed by atoms with van der Waals surface area (Å²) in [5, 5.41) is 2.29. The van der Waals surface area contributed by atoms with Gasteiger partial charge in [-0.05, 0) is 6.92 Å². The van der Waals surface area contributed by atoms with Crippen LogP contribution in [0.2, 0.25) is 0 Å². The normalized spacial score (nSPS) is 12.4. The third-order valence-corrected chi connectivity index (χ3v) is 2.30. The summed E-state index contributed by atoms with van der Waals surface area (Å²) in [7, 11) is 1.28. The lowest BCUT2D eigenvalue weighted by molar-refractivity contribution is -0.141. The van der Waals surface area contributed by atoms with E-state index in [4.69, 9.17) is 0 Å². The number of anilines is 2. The molecule has 0 saturated heterocycles. The molecule has 0 aromatic carbocycles. The topological polar surface area (TPSA) is 41.1 Å². The molecule has 0 bridgehead atoms. The summed E-state index contributed by atoms with van der Waals surface area (Å²) in [6.07, 6.45) is -9.31. The number of nitrogens with zero attached hydrogens (tertiary/aromatic N) is 3. The van der Waals surface area contributed by atoms with E-state index in [1.165, 1.54) is 14.0 Å². The Morgan fingerprint density at radius 2 is 1.75 bits per heavy atom. The summed E-state index contributed by atoms with van der Waals surface area (Å²) in [5.74, 6) is -0.827. The zero-order chi connectivity index (χ0) is 15.6. The van der Waals surface area contributed by atoms with Gasteiger partial charge in [0.15, 0.2) is 5.69 Å². The molecule has 10 heteroatoms. The van der Waals surface area contributed by atoms with Gasteiger partial charge in [-0.2, -0.15) is 31.3 Å². The minimum atomic E-state index is -4.76. The quantitative estimate of drug-likeness (QED) is 0.868. The summed E-state index contributed by atoms with van der Waals surface area (Å²) in [6.45, 7) is -0.141. The monoisotopic (exact) mass is 302 g/mol. The Labute approximate surface area is 110 Å². The molecule has 0 aliphatic rings. The Kier molecular flexibility index (Phi) is 4.66. The fourth-order valence-electron chi connectivity index (χ4n) is 1.42. The molecule has 1 aromatic rings. The van der Waals surface area contributed by atoms with Gasteiger partial charge in [-0.25, -0.2) is 4.98 Å². The van der Waals surface area contributed by atoms with Crippen molar-refractivity contribution in [2.24, 2.45) is 0 Å². The van der Waals surface area contributed by atoms with Crippen molar-refractivity contribution in [2.75, 3.05) is 30.4 Å². The van der Waals surface area contributed by atoms with Crippen LogP contribution < -0.4 is 10.2 Å². The second-order valence-corrected chi connectivity index (χ2v) is 3.81. The third kappa shape index (κ3) is 4.42. The first-order valence-corrected chi connectivity index (χ1v) is 5.52. The summed E-state index contributed by atoms with van der Waals surface area (Å²) >= 11 is 0. The molecule has 0 aliphatic carbocycles. The number of halogens is 6. The van der Waals surface area contributed by atoms with Crippen LogP contribution >= 0.6 is 0 Å². The average molecular weight is 302 g/mol. The van der Waals surface area contributed by atoms with Crippen molar-refractivity contribution in [1.82, 2.24) is 9.97 Å². The summed E-state index contributed by atoms with van der Waals surface area (Å²) in [5.41, 5.74) is -1.30. The molecule has 114 valence electrons. The zero-order valence-corrected chi connectivity index (χ0v) is 10.6. The second kappa shape index (κ2) is 5.71. The van der Waals surface area contributed by atoms with Gasteiger partial charge in [0.05, 0.1) is 0 Å². The third-order valence-electron chi connectivity index (χ3n) is 2.30. The van der Waals surface area contributed by atoms with Gasteiger partial charge in [-0.3, -0.25) is 0 Å². The van der Waals surface area contributed by atoms with E-state index in [2.05, 4.69) is 15.3 Å². The first-order valence-electron chi connectivity index (χ1n) is 5.52. The van der Waals surface area contributed by atoms with Gasteiger partial charge < -0.3 is 10.2 Å². The number of nitrogens with one attached hydrogen (secondary N) is 1. The van der Waals surface area contributed by atoms with Crippen LogP contribution in [-0.4, -0.2) is 36.3 Å². The van der Waals surface area contributed by atoms with Crippen LogP contribution in [-0.2, 0) is 6.18 Å². The lowest BCUT2D eigenvalue weighted by atomic mass is 10.3. The Morgan fingerprint density at radius 3 is 2.15 bits per heavy atom. The number of aromatic nitrogens is 2. The Hall–Kier alpha value is -1.74. The number of alkyl halides is 6. The molecule has 0 aliphatic heterocycles. The van der Waals surface area contributed by atoms with Crippen LogP contribution in [0.15, 0.2) is 6.07 Å². The fourth-order valence-corrected chi connectivity index (χ4v) is 1.42. The lowest BCUT2D eigenvalue weighted by Gasteiger charge is -2.24. The van der Waals surface area contributed by atoms with Crippen molar-refractivity contribution in [3.05, 3.63) is 11.8 Å². The average Bonchev–Trinajstić information content (AvgIpc) is 2.33. The Balaban J connectivity index is 3.21. The predicted molar refractivity (Wildman–Crippen MR) is 60.5 cm³/mol. The smallest absolute Gasteiger partial charge is 0.357 e. The van der Waals surface area contributed by atoms with Gasteiger partial charge >= 0.3 is 12.4 Å². The largest absolute Gasteiger partial charge is 0.433 e. The second-order valence-electron chi connectivity index (χ2n) is 3.81. The van der Waals surface area contributed by atoms with E-state index in [9.17, 15) is 26.3 Å². The number of rotatable bonds is 4. The van der Waals surface area contributed by atoms with Crippen molar-refractivity contribution in [3.8, 4) is 0 Å². The molecule has 0 radical (unpaired) electrons. The number of hydrogen-bond donors (Lipinski definition) is 1. The molecular weight excluding hydrogens is 290 g/mol. The first-order chi connectivity index (χ1) is 9.06. The van der Waals surface area contributed by atoms with Gasteiger partial charge in [-0.1, -0.05) is 0 Å². The molecule has 1 N–H and O–H groups in total. The van der Waals surface area contributed by atoms with E-state index in [-0.39, 0.29) is 6.54 Å². The molecule has 1 aromatic heterocycles. The predicted octanol–water partition coefficient (Wildman–Crippen LogP) is 2.93. The van der Waals surface area contributed by atoms with Crippen LogP contribution in [0.4, 0.5) is 38.1 Å².